The lowest BCUT2D eigenvalue weighted by Gasteiger charge is -2.10. The van der Waals surface area contributed by atoms with E-state index in [2.05, 4.69) is 27.5 Å². The molecule has 118 valence electrons. The lowest BCUT2D eigenvalue weighted by Crippen LogP contribution is -2.37. The van der Waals surface area contributed by atoms with Crippen molar-refractivity contribution in [1.82, 2.24) is 15.6 Å². The maximum absolute atomic E-state index is 11.2. The third-order valence-electron chi connectivity index (χ3n) is 2.86. The second kappa shape index (κ2) is 9.33. The summed E-state index contributed by atoms with van der Waals surface area (Å²) in [5.41, 5.74) is 1.08. The molecule has 0 radical (unpaired) electrons. The van der Waals surface area contributed by atoms with Crippen LogP contribution in [-0.2, 0) is 16.1 Å². The highest BCUT2D eigenvalue weighted by molar-refractivity contribution is 7.11. The SMILES string of the molecule is CCOC(=O)CCCNC(=NC)NCc1nc(C)c(C)s1. The monoisotopic (exact) mass is 312 g/mol. The maximum Gasteiger partial charge on any atom is 0.305 e. The summed E-state index contributed by atoms with van der Waals surface area (Å²) in [6, 6.07) is 0. The van der Waals surface area contributed by atoms with Crippen molar-refractivity contribution in [3.63, 3.8) is 0 Å². The third kappa shape index (κ3) is 6.57. The second-order valence-electron chi connectivity index (χ2n) is 4.51. The van der Waals surface area contributed by atoms with E-state index in [1.807, 2.05) is 13.8 Å². The Bertz CT molecular complexity index is 466. The smallest absolute Gasteiger partial charge is 0.305 e. The van der Waals surface area contributed by atoms with Gasteiger partial charge < -0.3 is 15.4 Å². The Morgan fingerprint density at radius 1 is 1.38 bits per heavy atom. The number of ether oxygens (including phenoxy) is 1. The van der Waals surface area contributed by atoms with Gasteiger partial charge in [0.25, 0.3) is 0 Å². The minimum atomic E-state index is -0.156. The number of aryl methyl sites for hydroxylation is 2. The molecule has 0 fully saturated rings. The summed E-state index contributed by atoms with van der Waals surface area (Å²) in [5.74, 6) is 0.556. The van der Waals surface area contributed by atoms with Crippen molar-refractivity contribution in [2.24, 2.45) is 4.99 Å². The van der Waals surface area contributed by atoms with Crippen molar-refractivity contribution in [1.29, 1.82) is 0 Å². The molecule has 1 rings (SSSR count). The van der Waals surface area contributed by atoms with Crippen molar-refractivity contribution >= 4 is 23.3 Å². The highest BCUT2D eigenvalue weighted by atomic mass is 32.1. The maximum atomic E-state index is 11.2. The molecule has 7 heteroatoms. The molecule has 2 N–H and O–H groups in total. The first-order valence-corrected chi connectivity index (χ1v) is 7.91. The molecule has 0 saturated carbocycles. The number of rotatable bonds is 7. The fourth-order valence-electron chi connectivity index (χ4n) is 1.67. The van der Waals surface area contributed by atoms with Crippen LogP contribution in [0.3, 0.4) is 0 Å². The summed E-state index contributed by atoms with van der Waals surface area (Å²) in [7, 11) is 1.72. The van der Waals surface area contributed by atoms with Crippen LogP contribution in [0.15, 0.2) is 4.99 Å². The van der Waals surface area contributed by atoms with Gasteiger partial charge in [0.2, 0.25) is 0 Å². The first-order chi connectivity index (χ1) is 10.1. The highest BCUT2D eigenvalue weighted by Gasteiger charge is 2.05. The molecule has 0 aliphatic carbocycles. The van der Waals surface area contributed by atoms with Gasteiger partial charge in [0.15, 0.2) is 5.96 Å². The summed E-state index contributed by atoms with van der Waals surface area (Å²) >= 11 is 1.69. The molecule has 6 nitrogen and oxygen atoms in total. The molecule has 1 aromatic heterocycles. The lowest BCUT2D eigenvalue weighted by molar-refractivity contribution is -0.143. The van der Waals surface area contributed by atoms with E-state index in [9.17, 15) is 4.79 Å². The van der Waals surface area contributed by atoms with E-state index < -0.39 is 0 Å². The van der Waals surface area contributed by atoms with E-state index in [-0.39, 0.29) is 5.97 Å². The average molecular weight is 312 g/mol. The lowest BCUT2D eigenvalue weighted by atomic mass is 10.3. The summed E-state index contributed by atoms with van der Waals surface area (Å²) in [5, 5.41) is 7.42. The van der Waals surface area contributed by atoms with Gasteiger partial charge in [-0.3, -0.25) is 9.79 Å². The Hall–Kier alpha value is -1.63. The predicted molar refractivity (Wildman–Crippen MR) is 85.7 cm³/mol. The van der Waals surface area contributed by atoms with E-state index in [1.165, 1.54) is 4.88 Å². The van der Waals surface area contributed by atoms with Crippen molar-refractivity contribution in [2.45, 2.75) is 40.2 Å². The van der Waals surface area contributed by atoms with Crippen molar-refractivity contribution in [2.75, 3.05) is 20.2 Å². The standard InChI is InChI=1S/C14H24N4O2S/c1-5-20-13(19)7-6-8-16-14(15-4)17-9-12-18-10(2)11(3)21-12/h5-9H2,1-4H3,(H2,15,16,17). The Labute approximate surface area is 130 Å². The van der Waals surface area contributed by atoms with Gasteiger partial charge in [0, 0.05) is 24.9 Å². The normalized spacial score (nSPS) is 11.3. The van der Waals surface area contributed by atoms with Gasteiger partial charge in [-0.2, -0.15) is 0 Å². The number of nitrogens with one attached hydrogen (secondary N) is 2. The molecule has 0 aliphatic rings. The molecule has 0 aromatic carbocycles. The van der Waals surface area contributed by atoms with Crippen molar-refractivity contribution in [3.8, 4) is 0 Å². The van der Waals surface area contributed by atoms with Gasteiger partial charge in [0.1, 0.15) is 5.01 Å². The predicted octanol–water partition coefficient (Wildman–Crippen LogP) is 1.77. The van der Waals surface area contributed by atoms with Gasteiger partial charge in [-0.25, -0.2) is 4.98 Å². The molecule has 0 unspecified atom stereocenters. The number of carbonyl (C=O) groups excluding carboxylic acids is 1. The second-order valence-corrected chi connectivity index (χ2v) is 5.80. The number of aromatic nitrogens is 1. The van der Waals surface area contributed by atoms with E-state index in [4.69, 9.17) is 4.74 Å². The molecule has 0 aliphatic heterocycles. The van der Waals surface area contributed by atoms with Gasteiger partial charge >= 0.3 is 5.97 Å². The Morgan fingerprint density at radius 3 is 2.71 bits per heavy atom. The minimum Gasteiger partial charge on any atom is -0.466 e. The zero-order valence-corrected chi connectivity index (χ0v) is 14.0. The van der Waals surface area contributed by atoms with E-state index >= 15 is 0 Å². The first kappa shape index (κ1) is 17.4. The molecular weight excluding hydrogens is 288 g/mol. The van der Waals surface area contributed by atoms with Gasteiger partial charge in [0.05, 0.1) is 18.8 Å². The zero-order valence-electron chi connectivity index (χ0n) is 13.2. The number of aliphatic imine (C=N–C) groups is 1. The molecule has 0 bridgehead atoms. The molecule has 0 spiro atoms. The van der Waals surface area contributed by atoms with Crippen molar-refractivity contribution in [3.05, 3.63) is 15.6 Å². The van der Waals surface area contributed by atoms with Crippen LogP contribution in [-0.4, -0.2) is 37.1 Å². The molecule has 21 heavy (non-hydrogen) atoms. The Kier molecular flexibility index (Phi) is 7.74. The number of carbonyl (C=O) groups is 1. The fraction of sp³-hybridized carbons (Fsp3) is 0.643. The number of nitrogens with zero attached hydrogens (tertiary/aromatic N) is 2. The van der Waals surface area contributed by atoms with Crippen LogP contribution in [0.1, 0.15) is 35.3 Å². The number of hydrogen-bond donors (Lipinski definition) is 2. The van der Waals surface area contributed by atoms with Gasteiger partial charge in [-0.05, 0) is 27.2 Å². The van der Waals surface area contributed by atoms with Gasteiger partial charge in [-0.1, -0.05) is 0 Å². The number of guanidine groups is 1. The third-order valence-corrected chi connectivity index (χ3v) is 3.93. The van der Waals surface area contributed by atoms with Crippen LogP contribution in [0.5, 0.6) is 0 Å². The number of esters is 1. The summed E-state index contributed by atoms with van der Waals surface area (Å²) < 4.78 is 4.87. The van der Waals surface area contributed by atoms with Crippen LogP contribution in [0.4, 0.5) is 0 Å². The average Bonchev–Trinajstić information content (AvgIpc) is 2.77. The number of hydrogen-bond acceptors (Lipinski definition) is 5. The topological polar surface area (TPSA) is 75.6 Å². The molecule has 0 atom stereocenters. The minimum absolute atomic E-state index is 0.156. The largest absolute Gasteiger partial charge is 0.466 e. The van der Waals surface area contributed by atoms with Crippen LogP contribution < -0.4 is 10.6 Å². The molecule has 0 saturated heterocycles. The van der Waals surface area contributed by atoms with Crippen LogP contribution >= 0.6 is 11.3 Å². The van der Waals surface area contributed by atoms with E-state index in [0.29, 0.717) is 32.1 Å². The van der Waals surface area contributed by atoms with Crippen molar-refractivity contribution < 1.29 is 9.53 Å². The van der Waals surface area contributed by atoms with Crippen LogP contribution in [0, 0.1) is 13.8 Å². The fourth-order valence-corrected chi connectivity index (χ4v) is 2.54. The Balaban J connectivity index is 2.25. The first-order valence-electron chi connectivity index (χ1n) is 7.09. The zero-order chi connectivity index (χ0) is 15.7. The van der Waals surface area contributed by atoms with Crippen LogP contribution in [0.2, 0.25) is 0 Å². The van der Waals surface area contributed by atoms with Crippen LogP contribution in [0.25, 0.3) is 0 Å². The molecule has 1 aromatic rings. The van der Waals surface area contributed by atoms with E-state index in [1.54, 1.807) is 18.4 Å². The molecule has 1 heterocycles. The Morgan fingerprint density at radius 2 is 2.14 bits per heavy atom. The number of thiazole rings is 1. The van der Waals surface area contributed by atoms with Gasteiger partial charge in [-0.15, -0.1) is 11.3 Å². The molecular formula is C14H24N4O2S. The van der Waals surface area contributed by atoms with E-state index in [0.717, 1.165) is 17.1 Å². The summed E-state index contributed by atoms with van der Waals surface area (Å²) in [6.45, 7) is 7.65. The molecule has 0 amide bonds. The summed E-state index contributed by atoms with van der Waals surface area (Å²) in [6.07, 6.45) is 1.14. The quantitative estimate of drug-likeness (QED) is 0.347. The highest BCUT2D eigenvalue weighted by Crippen LogP contribution is 2.15. The summed E-state index contributed by atoms with van der Waals surface area (Å²) in [4.78, 5) is 21.0.